The molecule has 6 nitrogen and oxygen atoms in total. The normalized spacial score (nSPS) is 16.5. The highest BCUT2D eigenvalue weighted by molar-refractivity contribution is 5.94. The Morgan fingerprint density at radius 3 is 2.61 bits per heavy atom. The van der Waals surface area contributed by atoms with E-state index in [-0.39, 0.29) is 17.9 Å². The number of nitrogens with one attached hydrogen (secondary N) is 2. The summed E-state index contributed by atoms with van der Waals surface area (Å²) < 4.78 is 0. The lowest BCUT2D eigenvalue weighted by atomic mass is 9.85. The van der Waals surface area contributed by atoms with E-state index in [4.69, 9.17) is 5.11 Å². The van der Waals surface area contributed by atoms with Gasteiger partial charge in [-0.25, -0.2) is 0 Å². The van der Waals surface area contributed by atoms with Crippen molar-refractivity contribution in [3.8, 4) is 0 Å². The van der Waals surface area contributed by atoms with Crippen LogP contribution in [0, 0.1) is 5.92 Å². The van der Waals surface area contributed by atoms with Crippen LogP contribution in [0.3, 0.4) is 0 Å². The molecule has 1 amide bonds. The zero-order chi connectivity index (χ0) is 17.2. The van der Waals surface area contributed by atoms with Gasteiger partial charge >= 0.3 is 5.97 Å². The molecule has 3 N–H and O–H groups in total. The summed E-state index contributed by atoms with van der Waals surface area (Å²) in [5.41, 5.74) is 0.651. The van der Waals surface area contributed by atoms with Crippen molar-refractivity contribution in [2.24, 2.45) is 5.92 Å². The molecule has 126 valence electrons. The summed E-state index contributed by atoms with van der Waals surface area (Å²) in [6.07, 6.45) is 3.57. The molecule has 1 aromatic rings. The van der Waals surface area contributed by atoms with Gasteiger partial charge in [0.2, 0.25) is 0 Å². The molecule has 0 saturated heterocycles. The Labute approximate surface area is 135 Å². The smallest absolute Gasteiger partial charge is 0.305 e. The van der Waals surface area contributed by atoms with Crippen molar-refractivity contribution in [2.45, 2.75) is 58.4 Å². The van der Waals surface area contributed by atoms with E-state index in [2.05, 4.69) is 10.3 Å². The third kappa shape index (κ3) is 3.81. The lowest BCUT2D eigenvalue weighted by molar-refractivity contribution is -0.138. The maximum absolute atomic E-state index is 12.5. The number of pyridine rings is 1. The van der Waals surface area contributed by atoms with Gasteiger partial charge in [-0.3, -0.25) is 14.4 Å². The number of carbonyl (C=O) groups excluding carboxylic acids is 1. The second-order valence-electron chi connectivity index (χ2n) is 6.82. The summed E-state index contributed by atoms with van der Waals surface area (Å²) in [6, 6.07) is 1.66. The van der Waals surface area contributed by atoms with E-state index in [0.717, 1.165) is 36.9 Å². The summed E-state index contributed by atoms with van der Waals surface area (Å²) in [6.45, 7) is 5.39. The second kappa shape index (κ2) is 6.56. The predicted molar refractivity (Wildman–Crippen MR) is 86.7 cm³/mol. The van der Waals surface area contributed by atoms with Gasteiger partial charge < -0.3 is 15.4 Å². The van der Waals surface area contributed by atoms with Gasteiger partial charge in [0.1, 0.15) is 5.56 Å². The van der Waals surface area contributed by atoms with Gasteiger partial charge in [0.25, 0.3) is 11.5 Å². The first kappa shape index (κ1) is 17.2. The van der Waals surface area contributed by atoms with E-state index in [0.29, 0.717) is 0 Å². The molecule has 2 rings (SSSR count). The topological polar surface area (TPSA) is 99.3 Å². The van der Waals surface area contributed by atoms with Crippen LogP contribution in [-0.2, 0) is 17.6 Å². The standard InChI is InChI=1S/C17H24N2O4/c1-10(2)17(3,9-14(20)21)19-16(23)12-8-11-6-4-5-7-13(11)18-15(12)22/h8,10H,4-7,9H2,1-3H3,(H,18,22)(H,19,23)(H,20,21). The number of aromatic nitrogens is 1. The van der Waals surface area contributed by atoms with Crippen LogP contribution in [0.15, 0.2) is 10.9 Å². The van der Waals surface area contributed by atoms with Gasteiger partial charge in [-0.1, -0.05) is 13.8 Å². The Bertz CT molecular complexity index is 678. The number of carboxylic acids is 1. The van der Waals surface area contributed by atoms with Crippen molar-refractivity contribution in [1.82, 2.24) is 10.3 Å². The minimum Gasteiger partial charge on any atom is -0.481 e. The Morgan fingerprint density at radius 1 is 1.35 bits per heavy atom. The van der Waals surface area contributed by atoms with E-state index in [9.17, 15) is 14.4 Å². The molecule has 0 spiro atoms. The van der Waals surface area contributed by atoms with E-state index < -0.39 is 23.0 Å². The van der Waals surface area contributed by atoms with Crippen molar-refractivity contribution in [1.29, 1.82) is 0 Å². The van der Waals surface area contributed by atoms with E-state index >= 15 is 0 Å². The molecule has 1 aliphatic rings. The highest BCUT2D eigenvalue weighted by Crippen LogP contribution is 2.22. The monoisotopic (exact) mass is 320 g/mol. The molecule has 0 fully saturated rings. The number of rotatable bonds is 5. The molecule has 1 heterocycles. The fourth-order valence-electron chi connectivity index (χ4n) is 2.88. The number of H-pyrrole nitrogens is 1. The van der Waals surface area contributed by atoms with Crippen molar-refractivity contribution >= 4 is 11.9 Å². The van der Waals surface area contributed by atoms with Gasteiger partial charge in [-0.15, -0.1) is 0 Å². The van der Waals surface area contributed by atoms with E-state index in [1.54, 1.807) is 13.0 Å². The summed E-state index contributed by atoms with van der Waals surface area (Å²) in [7, 11) is 0. The van der Waals surface area contributed by atoms with Crippen molar-refractivity contribution < 1.29 is 14.7 Å². The average molecular weight is 320 g/mol. The molecule has 1 aromatic heterocycles. The number of hydrogen-bond acceptors (Lipinski definition) is 3. The van der Waals surface area contributed by atoms with Gasteiger partial charge in [0, 0.05) is 5.69 Å². The van der Waals surface area contributed by atoms with Crippen LogP contribution in [0.4, 0.5) is 0 Å². The summed E-state index contributed by atoms with van der Waals surface area (Å²) in [4.78, 5) is 38.6. The second-order valence-corrected chi connectivity index (χ2v) is 6.82. The molecule has 1 aliphatic carbocycles. The number of carbonyl (C=O) groups is 2. The number of hydrogen-bond donors (Lipinski definition) is 3. The van der Waals surface area contributed by atoms with Crippen LogP contribution in [0.2, 0.25) is 0 Å². The van der Waals surface area contributed by atoms with E-state index in [1.165, 1.54) is 0 Å². The predicted octanol–water partition coefficient (Wildman–Crippen LogP) is 1.87. The summed E-state index contributed by atoms with van der Waals surface area (Å²) in [5, 5.41) is 11.8. The number of aliphatic carboxylic acids is 1. The molecule has 23 heavy (non-hydrogen) atoms. The van der Waals surface area contributed by atoms with Crippen molar-refractivity contribution in [3.63, 3.8) is 0 Å². The number of amides is 1. The molecule has 0 aromatic carbocycles. The largest absolute Gasteiger partial charge is 0.481 e. The van der Waals surface area contributed by atoms with Gasteiger partial charge in [-0.2, -0.15) is 0 Å². The molecule has 1 atom stereocenters. The molecule has 0 saturated carbocycles. The van der Waals surface area contributed by atoms with Crippen molar-refractivity contribution in [2.75, 3.05) is 0 Å². The van der Waals surface area contributed by atoms with Crippen LogP contribution in [-0.4, -0.2) is 27.5 Å². The maximum Gasteiger partial charge on any atom is 0.305 e. The zero-order valence-corrected chi connectivity index (χ0v) is 13.9. The quantitative estimate of drug-likeness (QED) is 0.771. The summed E-state index contributed by atoms with van der Waals surface area (Å²) in [5.74, 6) is -1.59. The number of carboxylic acid groups (broad SMARTS) is 1. The van der Waals surface area contributed by atoms with Crippen LogP contribution < -0.4 is 10.9 Å². The fraction of sp³-hybridized carbons (Fsp3) is 0.588. The third-order valence-electron chi connectivity index (χ3n) is 4.77. The molecule has 1 unspecified atom stereocenters. The Balaban J connectivity index is 2.29. The molecule has 0 aliphatic heterocycles. The molecule has 6 heteroatoms. The first-order chi connectivity index (χ1) is 10.7. The van der Waals surface area contributed by atoms with Gasteiger partial charge in [0.15, 0.2) is 0 Å². The Morgan fingerprint density at radius 2 is 2.00 bits per heavy atom. The third-order valence-corrected chi connectivity index (χ3v) is 4.77. The molecular formula is C17H24N2O4. The highest BCUT2D eigenvalue weighted by atomic mass is 16.4. The van der Waals surface area contributed by atoms with Crippen molar-refractivity contribution in [3.05, 3.63) is 33.2 Å². The molecular weight excluding hydrogens is 296 g/mol. The van der Waals surface area contributed by atoms with Gasteiger partial charge in [0.05, 0.1) is 12.0 Å². The molecule has 0 radical (unpaired) electrons. The number of aromatic amines is 1. The Hall–Kier alpha value is -2.11. The van der Waals surface area contributed by atoms with E-state index in [1.807, 2.05) is 13.8 Å². The minimum atomic E-state index is -0.985. The first-order valence-corrected chi connectivity index (χ1v) is 8.02. The van der Waals surface area contributed by atoms with Crippen LogP contribution in [0.25, 0.3) is 0 Å². The SMILES string of the molecule is CC(C)C(C)(CC(=O)O)NC(=O)c1cc2c([nH]c1=O)CCCC2. The fourth-order valence-corrected chi connectivity index (χ4v) is 2.88. The minimum absolute atomic E-state index is 0.0583. The van der Waals surface area contributed by atoms with Gasteiger partial charge in [-0.05, 0) is 50.2 Å². The summed E-state index contributed by atoms with van der Waals surface area (Å²) >= 11 is 0. The Kier molecular flexibility index (Phi) is 4.92. The lowest BCUT2D eigenvalue weighted by Gasteiger charge is -2.33. The maximum atomic E-state index is 12.5. The number of aryl methyl sites for hydroxylation is 2. The van der Waals surface area contributed by atoms with Crippen LogP contribution in [0.5, 0.6) is 0 Å². The van der Waals surface area contributed by atoms with Crippen LogP contribution >= 0.6 is 0 Å². The number of fused-ring (bicyclic) bond motifs is 1. The lowest BCUT2D eigenvalue weighted by Crippen LogP contribution is -2.52. The van der Waals surface area contributed by atoms with Crippen LogP contribution in [0.1, 0.15) is 61.6 Å². The zero-order valence-electron chi connectivity index (χ0n) is 13.9. The molecule has 0 bridgehead atoms. The highest BCUT2D eigenvalue weighted by Gasteiger charge is 2.33. The average Bonchev–Trinajstić information content (AvgIpc) is 2.45. The first-order valence-electron chi connectivity index (χ1n) is 8.02.